The summed E-state index contributed by atoms with van der Waals surface area (Å²) in [6, 6.07) is 0. The molecule has 1 heterocycles. The smallest absolute Gasteiger partial charge is 0.264 e. The predicted molar refractivity (Wildman–Crippen MR) is 46.4 cm³/mol. The minimum absolute atomic E-state index is 0.150. The Balaban J connectivity index is 2.41. The fourth-order valence-electron chi connectivity index (χ4n) is 1.32. The summed E-state index contributed by atoms with van der Waals surface area (Å²) < 4.78 is 26.1. The summed E-state index contributed by atoms with van der Waals surface area (Å²) in [7, 11) is -3.29. The van der Waals surface area contributed by atoms with Crippen molar-refractivity contribution < 1.29 is 12.6 Å². The first-order chi connectivity index (χ1) is 5.41. The van der Waals surface area contributed by atoms with Crippen LogP contribution in [0, 0.1) is 0 Å². The zero-order chi connectivity index (χ0) is 9.24. The molecular formula is C7H15NO3S. The van der Waals surface area contributed by atoms with Gasteiger partial charge in [0, 0.05) is 5.54 Å². The lowest BCUT2D eigenvalue weighted by atomic mass is 10.0. The van der Waals surface area contributed by atoms with Crippen LogP contribution < -0.4 is 5.32 Å². The van der Waals surface area contributed by atoms with Crippen molar-refractivity contribution in [3.63, 3.8) is 0 Å². The first-order valence-electron chi connectivity index (χ1n) is 4.01. The van der Waals surface area contributed by atoms with Gasteiger partial charge >= 0.3 is 0 Å². The maximum Gasteiger partial charge on any atom is 0.264 e. The van der Waals surface area contributed by atoms with E-state index in [2.05, 4.69) is 5.32 Å². The van der Waals surface area contributed by atoms with Crippen molar-refractivity contribution in [2.45, 2.75) is 25.3 Å². The molecule has 5 heteroatoms. The average molecular weight is 193 g/mol. The third kappa shape index (κ3) is 3.08. The largest absolute Gasteiger partial charge is 0.309 e. The van der Waals surface area contributed by atoms with Crippen LogP contribution in [0.1, 0.15) is 19.8 Å². The van der Waals surface area contributed by atoms with Gasteiger partial charge in [-0.1, -0.05) is 0 Å². The third-order valence-electron chi connectivity index (χ3n) is 2.05. The molecule has 0 aliphatic carbocycles. The Labute approximate surface area is 73.4 Å². The summed E-state index contributed by atoms with van der Waals surface area (Å²) >= 11 is 0. The maximum absolute atomic E-state index is 10.7. The number of hydrogen-bond acceptors (Lipinski definition) is 4. The Morgan fingerprint density at radius 3 is 2.67 bits per heavy atom. The summed E-state index contributed by atoms with van der Waals surface area (Å²) in [6.45, 7) is 3.17. The van der Waals surface area contributed by atoms with E-state index >= 15 is 0 Å². The second-order valence-electron chi connectivity index (χ2n) is 3.56. The summed E-state index contributed by atoms with van der Waals surface area (Å²) in [6.07, 6.45) is 3.14. The highest BCUT2D eigenvalue weighted by Crippen LogP contribution is 2.18. The minimum Gasteiger partial charge on any atom is -0.309 e. The molecular weight excluding hydrogens is 178 g/mol. The molecule has 0 unspecified atom stereocenters. The van der Waals surface area contributed by atoms with Gasteiger partial charge in [-0.05, 0) is 26.3 Å². The molecule has 0 radical (unpaired) electrons. The lowest BCUT2D eigenvalue weighted by molar-refractivity contribution is 0.220. The molecule has 1 aliphatic heterocycles. The molecule has 0 amide bonds. The summed E-state index contributed by atoms with van der Waals surface area (Å²) in [5.74, 6) is 0. The SMILES string of the molecule is C[C@@]1(COS(C)(=O)=O)CCCN1. The van der Waals surface area contributed by atoms with E-state index in [0.29, 0.717) is 0 Å². The van der Waals surface area contributed by atoms with E-state index in [1.54, 1.807) is 0 Å². The molecule has 1 aliphatic rings. The Hall–Kier alpha value is -0.130. The fourth-order valence-corrected chi connectivity index (χ4v) is 1.79. The van der Waals surface area contributed by atoms with Gasteiger partial charge < -0.3 is 5.32 Å². The molecule has 72 valence electrons. The second-order valence-corrected chi connectivity index (χ2v) is 5.20. The standard InChI is InChI=1S/C7H15NO3S/c1-7(4-3-5-8-7)6-11-12(2,9)10/h8H,3-6H2,1-2H3/t7-/m0/s1. The van der Waals surface area contributed by atoms with Gasteiger partial charge in [-0.2, -0.15) is 8.42 Å². The van der Waals surface area contributed by atoms with Gasteiger partial charge in [-0.15, -0.1) is 0 Å². The van der Waals surface area contributed by atoms with Crippen molar-refractivity contribution in [1.82, 2.24) is 5.32 Å². The molecule has 1 atom stereocenters. The van der Waals surface area contributed by atoms with Crippen LogP contribution in [-0.2, 0) is 14.3 Å². The van der Waals surface area contributed by atoms with Gasteiger partial charge in [-0.3, -0.25) is 4.18 Å². The van der Waals surface area contributed by atoms with Crippen LogP contribution in [0.5, 0.6) is 0 Å². The molecule has 0 bridgehead atoms. The number of hydrogen-bond donors (Lipinski definition) is 1. The Bertz CT molecular complexity index is 241. The van der Waals surface area contributed by atoms with Gasteiger partial charge in [0.1, 0.15) is 0 Å². The predicted octanol–water partition coefficient (Wildman–Crippen LogP) is 0.105. The lowest BCUT2D eigenvalue weighted by Crippen LogP contribution is -2.41. The lowest BCUT2D eigenvalue weighted by Gasteiger charge is -2.22. The van der Waals surface area contributed by atoms with Crippen molar-refractivity contribution in [1.29, 1.82) is 0 Å². The van der Waals surface area contributed by atoms with Gasteiger partial charge in [0.2, 0.25) is 0 Å². The van der Waals surface area contributed by atoms with E-state index < -0.39 is 10.1 Å². The van der Waals surface area contributed by atoms with Crippen molar-refractivity contribution in [3.05, 3.63) is 0 Å². The molecule has 0 aromatic heterocycles. The van der Waals surface area contributed by atoms with E-state index in [-0.39, 0.29) is 12.1 Å². The highest BCUT2D eigenvalue weighted by molar-refractivity contribution is 7.85. The first kappa shape index (κ1) is 9.95. The van der Waals surface area contributed by atoms with E-state index in [1.807, 2.05) is 6.92 Å². The quantitative estimate of drug-likeness (QED) is 0.646. The highest BCUT2D eigenvalue weighted by atomic mass is 32.2. The number of nitrogens with one attached hydrogen (secondary N) is 1. The van der Waals surface area contributed by atoms with Gasteiger partial charge in [-0.25, -0.2) is 0 Å². The van der Waals surface area contributed by atoms with Gasteiger partial charge in [0.25, 0.3) is 10.1 Å². The fraction of sp³-hybridized carbons (Fsp3) is 1.00. The van der Waals surface area contributed by atoms with Crippen molar-refractivity contribution in [2.24, 2.45) is 0 Å². The van der Waals surface area contributed by atoms with Crippen LogP contribution in [-0.4, -0.2) is 33.4 Å². The molecule has 0 aromatic rings. The topological polar surface area (TPSA) is 55.4 Å². The normalized spacial score (nSPS) is 30.8. The molecule has 1 saturated heterocycles. The maximum atomic E-state index is 10.7. The Morgan fingerprint density at radius 1 is 1.58 bits per heavy atom. The molecule has 4 nitrogen and oxygen atoms in total. The van der Waals surface area contributed by atoms with Crippen LogP contribution in [0.2, 0.25) is 0 Å². The van der Waals surface area contributed by atoms with E-state index in [1.165, 1.54) is 0 Å². The van der Waals surface area contributed by atoms with Crippen LogP contribution in [0.15, 0.2) is 0 Å². The van der Waals surface area contributed by atoms with E-state index in [4.69, 9.17) is 4.18 Å². The first-order valence-corrected chi connectivity index (χ1v) is 5.82. The van der Waals surface area contributed by atoms with Crippen LogP contribution in [0.4, 0.5) is 0 Å². The molecule has 12 heavy (non-hydrogen) atoms. The number of rotatable bonds is 3. The molecule has 0 spiro atoms. The van der Waals surface area contributed by atoms with Crippen molar-refractivity contribution >= 4 is 10.1 Å². The monoisotopic (exact) mass is 193 g/mol. The average Bonchev–Trinajstić information content (AvgIpc) is 2.32. The van der Waals surface area contributed by atoms with Crippen molar-refractivity contribution in [2.75, 3.05) is 19.4 Å². The van der Waals surface area contributed by atoms with Crippen molar-refractivity contribution in [3.8, 4) is 0 Å². The van der Waals surface area contributed by atoms with E-state index in [0.717, 1.165) is 25.6 Å². The van der Waals surface area contributed by atoms with Crippen LogP contribution in [0.3, 0.4) is 0 Å². The Kier molecular flexibility index (Phi) is 2.75. The zero-order valence-electron chi connectivity index (χ0n) is 7.46. The van der Waals surface area contributed by atoms with Gasteiger partial charge in [0.15, 0.2) is 0 Å². The third-order valence-corrected chi connectivity index (χ3v) is 2.59. The molecule has 1 rings (SSSR count). The van der Waals surface area contributed by atoms with Gasteiger partial charge in [0.05, 0.1) is 12.9 Å². The molecule has 1 N–H and O–H groups in total. The summed E-state index contributed by atoms with van der Waals surface area (Å²) in [5.41, 5.74) is -0.150. The minimum atomic E-state index is -3.29. The molecule has 0 saturated carbocycles. The van der Waals surface area contributed by atoms with Crippen LogP contribution in [0.25, 0.3) is 0 Å². The highest BCUT2D eigenvalue weighted by Gasteiger charge is 2.29. The molecule has 1 fully saturated rings. The second kappa shape index (κ2) is 3.32. The van der Waals surface area contributed by atoms with Crippen LogP contribution >= 0.6 is 0 Å². The summed E-state index contributed by atoms with van der Waals surface area (Å²) in [4.78, 5) is 0. The molecule has 0 aromatic carbocycles. The summed E-state index contributed by atoms with van der Waals surface area (Å²) in [5, 5.41) is 3.22. The van der Waals surface area contributed by atoms with E-state index in [9.17, 15) is 8.42 Å². The Morgan fingerprint density at radius 2 is 2.25 bits per heavy atom. The zero-order valence-corrected chi connectivity index (χ0v) is 8.28.